The fourth-order valence-electron chi connectivity index (χ4n) is 3.80. The third kappa shape index (κ3) is 4.63. The van der Waals surface area contributed by atoms with E-state index >= 15 is 0 Å². The van der Waals surface area contributed by atoms with E-state index in [1.54, 1.807) is 21.3 Å². The van der Waals surface area contributed by atoms with Crippen molar-refractivity contribution in [3.63, 3.8) is 0 Å². The van der Waals surface area contributed by atoms with Crippen LogP contribution in [0.5, 0.6) is 11.5 Å². The number of anilines is 1. The molecule has 0 bridgehead atoms. The Morgan fingerprint density at radius 2 is 1.96 bits per heavy atom. The molecule has 0 spiro atoms. The molecular formula is C20H28N4O4. The van der Waals surface area contributed by atoms with Crippen LogP contribution < -0.4 is 20.3 Å². The Labute approximate surface area is 164 Å². The summed E-state index contributed by atoms with van der Waals surface area (Å²) in [5.41, 5.74) is 1.63. The topological polar surface area (TPSA) is 88.7 Å². The van der Waals surface area contributed by atoms with Crippen molar-refractivity contribution in [2.45, 2.75) is 12.5 Å². The fraction of sp³-hybridized carbons (Fsp3) is 0.500. The molecule has 28 heavy (non-hydrogen) atoms. The Bertz CT molecular complexity index is 854. The monoisotopic (exact) mass is 388 g/mol. The van der Waals surface area contributed by atoms with Crippen LogP contribution in [-0.4, -0.2) is 62.9 Å². The van der Waals surface area contributed by atoms with Crippen molar-refractivity contribution in [3.8, 4) is 11.5 Å². The van der Waals surface area contributed by atoms with E-state index < -0.39 is 0 Å². The molecule has 2 N–H and O–H groups in total. The second-order valence-corrected chi connectivity index (χ2v) is 7.10. The number of nitrogens with zero attached hydrogens (tertiary/aromatic N) is 2. The predicted molar refractivity (Wildman–Crippen MR) is 107 cm³/mol. The van der Waals surface area contributed by atoms with Crippen molar-refractivity contribution in [1.29, 1.82) is 0 Å². The minimum atomic E-state index is -0.190. The molecule has 8 nitrogen and oxygen atoms in total. The van der Waals surface area contributed by atoms with Gasteiger partial charge in [-0.25, -0.2) is 4.98 Å². The molecule has 8 heteroatoms. The second kappa shape index (κ2) is 9.07. The zero-order chi connectivity index (χ0) is 20.1. The molecule has 1 aliphatic heterocycles. The van der Waals surface area contributed by atoms with Crippen LogP contribution in [0.4, 0.5) is 5.95 Å². The van der Waals surface area contributed by atoms with Crippen molar-refractivity contribution in [2.24, 2.45) is 5.92 Å². The van der Waals surface area contributed by atoms with Crippen LogP contribution in [-0.2, 0) is 11.3 Å². The molecule has 1 aromatic carbocycles. The van der Waals surface area contributed by atoms with Crippen LogP contribution in [0, 0.1) is 5.92 Å². The van der Waals surface area contributed by atoms with Crippen LogP contribution >= 0.6 is 0 Å². The number of hydrogen-bond acceptors (Lipinski definition) is 7. The molecule has 3 rings (SSSR count). The van der Waals surface area contributed by atoms with Crippen molar-refractivity contribution in [3.05, 3.63) is 45.9 Å². The van der Waals surface area contributed by atoms with Crippen molar-refractivity contribution < 1.29 is 14.2 Å². The summed E-state index contributed by atoms with van der Waals surface area (Å²) in [6.07, 6.45) is 0. The zero-order valence-electron chi connectivity index (χ0n) is 16.8. The van der Waals surface area contributed by atoms with Gasteiger partial charge in [0.05, 0.1) is 26.5 Å². The summed E-state index contributed by atoms with van der Waals surface area (Å²) >= 11 is 0. The Hall–Kier alpha value is -2.58. The maximum atomic E-state index is 11.8. The molecule has 2 atom stereocenters. The van der Waals surface area contributed by atoms with Gasteiger partial charge in [0.25, 0.3) is 5.56 Å². The number of likely N-dealkylation sites (N-methyl/N-ethyl adjacent to an activating group) is 1. The SMILES string of the molecule is COCc1cc(=O)[nH]c(NC[C@H]2CN(C)C[C@@H]2c2ccc(OC)c(OC)c2)n1. The fourth-order valence-corrected chi connectivity index (χ4v) is 3.80. The number of benzene rings is 1. The molecule has 1 saturated heterocycles. The smallest absolute Gasteiger partial charge is 0.252 e. The molecule has 0 aliphatic carbocycles. The van der Waals surface area contributed by atoms with E-state index in [0.717, 1.165) is 24.6 Å². The molecule has 1 aromatic heterocycles. The summed E-state index contributed by atoms with van der Waals surface area (Å²) in [4.78, 5) is 21.3. The molecule has 0 unspecified atom stereocenters. The average Bonchev–Trinajstić information content (AvgIpc) is 3.06. The highest BCUT2D eigenvalue weighted by Crippen LogP contribution is 2.36. The molecule has 0 saturated carbocycles. The predicted octanol–water partition coefficient (Wildman–Crippen LogP) is 1.69. The minimum Gasteiger partial charge on any atom is -0.493 e. The third-order valence-electron chi connectivity index (χ3n) is 5.08. The maximum absolute atomic E-state index is 11.8. The standard InChI is InChI=1S/C20H28N4O4/c1-24-10-14(9-21-20-22-15(12-26-2)8-19(25)23-20)16(11-24)13-5-6-17(27-3)18(7-13)28-4/h5-8,14,16H,9-12H2,1-4H3,(H2,21,22,23,25)/t14-,16+/m0/s1. The summed E-state index contributed by atoms with van der Waals surface area (Å²) in [7, 11) is 6.99. The lowest BCUT2D eigenvalue weighted by atomic mass is 9.88. The van der Waals surface area contributed by atoms with Gasteiger partial charge in [-0.3, -0.25) is 9.78 Å². The Kier molecular flexibility index (Phi) is 6.53. The molecule has 0 radical (unpaired) electrons. The summed E-state index contributed by atoms with van der Waals surface area (Å²) in [5.74, 6) is 2.63. The van der Waals surface area contributed by atoms with Gasteiger partial charge in [-0.2, -0.15) is 0 Å². The molecule has 2 aromatic rings. The number of hydrogen-bond donors (Lipinski definition) is 2. The Morgan fingerprint density at radius 1 is 1.18 bits per heavy atom. The number of rotatable bonds is 8. The molecule has 2 heterocycles. The van der Waals surface area contributed by atoms with Crippen molar-refractivity contribution in [2.75, 3.05) is 53.3 Å². The van der Waals surface area contributed by atoms with E-state index in [1.807, 2.05) is 6.07 Å². The number of nitrogens with one attached hydrogen (secondary N) is 2. The van der Waals surface area contributed by atoms with E-state index in [4.69, 9.17) is 14.2 Å². The molecule has 1 fully saturated rings. The van der Waals surface area contributed by atoms with Crippen LogP contribution in [0.2, 0.25) is 0 Å². The van der Waals surface area contributed by atoms with Gasteiger partial charge in [-0.15, -0.1) is 0 Å². The lowest BCUT2D eigenvalue weighted by Crippen LogP contribution is -2.24. The van der Waals surface area contributed by atoms with Gasteiger partial charge in [0.15, 0.2) is 11.5 Å². The summed E-state index contributed by atoms with van der Waals surface area (Å²) in [5, 5.41) is 3.29. The van der Waals surface area contributed by atoms with Gasteiger partial charge in [-0.1, -0.05) is 6.07 Å². The first-order chi connectivity index (χ1) is 13.5. The highest BCUT2D eigenvalue weighted by Gasteiger charge is 2.32. The number of methoxy groups -OCH3 is 3. The van der Waals surface area contributed by atoms with Gasteiger partial charge >= 0.3 is 0 Å². The van der Waals surface area contributed by atoms with E-state index in [0.29, 0.717) is 36.6 Å². The number of likely N-dealkylation sites (tertiary alicyclic amines) is 1. The number of ether oxygens (including phenoxy) is 3. The van der Waals surface area contributed by atoms with Crippen LogP contribution in [0.15, 0.2) is 29.1 Å². The number of H-pyrrole nitrogens is 1. The highest BCUT2D eigenvalue weighted by atomic mass is 16.5. The van der Waals surface area contributed by atoms with E-state index in [2.05, 4.69) is 39.4 Å². The summed E-state index contributed by atoms with van der Waals surface area (Å²) in [6, 6.07) is 7.54. The Morgan fingerprint density at radius 3 is 2.68 bits per heavy atom. The molecule has 152 valence electrons. The number of aromatic nitrogens is 2. The van der Waals surface area contributed by atoms with E-state index in [9.17, 15) is 4.79 Å². The first kappa shape index (κ1) is 20.2. The van der Waals surface area contributed by atoms with Crippen molar-refractivity contribution >= 4 is 5.95 Å². The van der Waals surface area contributed by atoms with E-state index in [-0.39, 0.29) is 5.56 Å². The summed E-state index contributed by atoms with van der Waals surface area (Å²) < 4.78 is 15.9. The Balaban J connectivity index is 1.75. The maximum Gasteiger partial charge on any atom is 0.252 e. The minimum absolute atomic E-state index is 0.190. The lowest BCUT2D eigenvalue weighted by Gasteiger charge is -2.21. The van der Waals surface area contributed by atoms with Gasteiger partial charge in [-0.05, 0) is 30.7 Å². The first-order valence-electron chi connectivity index (χ1n) is 9.27. The second-order valence-electron chi connectivity index (χ2n) is 7.10. The largest absolute Gasteiger partial charge is 0.493 e. The van der Waals surface area contributed by atoms with Gasteiger partial charge in [0.2, 0.25) is 5.95 Å². The van der Waals surface area contributed by atoms with E-state index in [1.165, 1.54) is 11.6 Å². The van der Waals surface area contributed by atoms with Gasteiger partial charge in [0, 0.05) is 38.7 Å². The molecule has 1 aliphatic rings. The molecular weight excluding hydrogens is 360 g/mol. The third-order valence-corrected chi connectivity index (χ3v) is 5.08. The van der Waals surface area contributed by atoms with Gasteiger partial charge < -0.3 is 24.4 Å². The lowest BCUT2D eigenvalue weighted by molar-refractivity contribution is 0.181. The van der Waals surface area contributed by atoms with Gasteiger partial charge in [0.1, 0.15) is 0 Å². The van der Waals surface area contributed by atoms with Crippen LogP contribution in [0.1, 0.15) is 17.2 Å². The quantitative estimate of drug-likeness (QED) is 0.711. The molecule has 0 amide bonds. The highest BCUT2D eigenvalue weighted by molar-refractivity contribution is 5.44. The first-order valence-corrected chi connectivity index (χ1v) is 9.27. The number of aromatic amines is 1. The summed E-state index contributed by atoms with van der Waals surface area (Å²) in [6.45, 7) is 2.91. The average molecular weight is 388 g/mol. The normalized spacial score (nSPS) is 19.6. The van der Waals surface area contributed by atoms with Crippen molar-refractivity contribution in [1.82, 2.24) is 14.9 Å². The van der Waals surface area contributed by atoms with Crippen LogP contribution in [0.25, 0.3) is 0 Å². The van der Waals surface area contributed by atoms with Crippen LogP contribution in [0.3, 0.4) is 0 Å². The zero-order valence-corrected chi connectivity index (χ0v) is 16.8.